The molecule has 0 radical (unpaired) electrons. The highest BCUT2D eigenvalue weighted by atomic mass is 16.4. The summed E-state index contributed by atoms with van der Waals surface area (Å²) in [5.74, 6) is -1.46. The summed E-state index contributed by atoms with van der Waals surface area (Å²) in [5, 5.41) is 11.9. The van der Waals surface area contributed by atoms with Crippen molar-refractivity contribution in [3.63, 3.8) is 0 Å². The second-order valence-electron chi connectivity index (χ2n) is 4.44. The van der Waals surface area contributed by atoms with E-state index < -0.39 is 17.9 Å². The van der Waals surface area contributed by atoms with E-state index in [4.69, 9.17) is 0 Å². The van der Waals surface area contributed by atoms with Gasteiger partial charge in [0.2, 0.25) is 5.91 Å². The predicted molar refractivity (Wildman–Crippen MR) is 62.4 cm³/mol. The number of piperidine rings is 1. The zero-order chi connectivity index (χ0) is 12.4. The van der Waals surface area contributed by atoms with Crippen LogP contribution in [0, 0.1) is 12.8 Å². The van der Waals surface area contributed by atoms with Crippen molar-refractivity contribution in [2.45, 2.75) is 25.8 Å². The third kappa shape index (κ3) is 2.46. The molecule has 0 unspecified atom stereocenters. The lowest BCUT2D eigenvalue weighted by atomic mass is 9.85. The van der Waals surface area contributed by atoms with Crippen LogP contribution >= 0.6 is 0 Å². The molecule has 90 valence electrons. The Morgan fingerprint density at radius 2 is 2.24 bits per heavy atom. The highest BCUT2D eigenvalue weighted by Gasteiger charge is 2.34. The summed E-state index contributed by atoms with van der Waals surface area (Å²) in [5.41, 5.74) is 1.93. The maximum Gasteiger partial charge on any atom is 0.308 e. The molecule has 4 nitrogen and oxygen atoms in total. The van der Waals surface area contributed by atoms with Crippen LogP contribution < -0.4 is 5.32 Å². The molecule has 1 aliphatic rings. The Kier molecular flexibility index (Phi) is 3.13. The van der Waals surface area contributed by atoms with Crippen LogP contribution in [0.15, 0.2) is 24.3 Å². The third-order valence-electron chi connectivity index (χ3n) is 3.12. The molecule has 1 saturated heterocycles. The molecule has 1 aromatic rings. The summed E-state index contributed by atoms with van der Waals surface area (Å²) in [4.78, 5) is 22.6. The van der Waals surface area contributed by atoms with Gasteiger partial charge in [-0.1, -0.05) is 29.8 Å². The molecule has 1 amide bonds. The van der Waals surface area contributed by atoms with Crippen LogP contribution in [-0.2, 0) is 9.59 Å². The first-order chi connectivity index (χ1) is 8.08. The minimum Gasteiger partial charge on any atom is -0.481 e. The van der Waals surface area contributed by atoms with Gasteiger partial charge in [-0.3, -0.25) is 9.59 Å². The fraction of sp³-hybridized carbons (Fsp3) is 0.385. The Labute approximate surface area is 99.6 Å². The van der Waals surface area contributed by atoms with Gasteiger partial charge in [-0.05, 0) is 18.9 Å². The third-order valence-corrected chi connectivity index (χ3v) is 3.12. The van der Waals surface area contributed by atoms with Crippen molar-refractivity contribution in [1.29, 1.82) is 0 Å². The topological polar surface area (TPSA) is 66.4 Å². The Morgan fingerprint density at radius 3 is 2.88 bits per heavy atom. The van der Waals surface area contributed by atoms with E-state index >= 15 is 0 Å². The Balaban J connectivity index is 2.32. The normalized spacial score (nSPS) is 24.2. The summed E-state index contributed by atoms with van der Waals surface area (Å²) in [6.07, 6.45) is 0.694. The SMILES string of the molecule is Cc1cccc([C@H]2NC(=O)CC[C@@H]2C(=O)O)c1. The molecule has 0 bridgehead atoms. The molecular formula is C13H15NO3. The van der Waals surface area contributed by atoms with Crippen LogP contribution in [0.2, 0.25) is 0 Å². The van der Waals surface area contributed by atoms with Crippen molar-refractivity contribution in [3.8, 4) is 0 Å². The Morgan fingerprint density at radius 1 is 1.47 bits per heavy atom. The van der Waals surface area contributed by atoms with Crippen LogP contribution in [0.1, 0.15) is 30.0 Å². The maximum absolute atomic E-state index is 11.4. The van der Waals surface area contributed by atoms with Gasteiger partial charge in [0, 0.05) is 6.42 Å². The Hall–Kier alpha value is -1.84. The molecule has 2 rings (SSSR count). The number of rotatable bonds is 2. The lowest BCUT2D eigenvalue weighted by Gasteiger charge is -2.30. The van der Waals surface area contributed by atoms with E-state index in [1.807, 2.05) is 31.2 Å². The average Bonchev–Trinajstić information content (AvgIpc) is 2.28. The van der Waals surface area contributed by atoms with E-state index in [2.05, 4.69) is 5.32 Å². The van der Waals surface area contributed by atoms with E-state index in [0.717, 1.165) is 11.1 Å². The van der Waals surface area contributed by atoms with Crippen LogP contribution in [0.4, 0.5) is 0 Å². The van der Waals surface area contributed by atoms with Gasteiger partial charge in [0.25, 0.3) is 0 Å². The molecule has 0 aliphatic carbocycles. The van der Waals surface area contributed by atoms with Crippen molar-refractivity contribution in [1.82, 2.24) is 5.32 Å². The molecule has 2 atom stereocenters. The maximum atomic E-state index is 11.4. The summed E-state index contributed by atoms with van der Waals surface area (Å²) in [6, 6.07) is 7.20. The van der Waals surface area contributed by atoms with Crippen molar-refractivity contribution in [3.05, 3.63) is 35.4 Å². The minimum absolute atomic E-state index is 0.0750. The van der Waals surface area contributed by atoms with Crippen molar-refractivity contribution >= 4 is 11.9 Å². The zero-order valence-corrected chi connectivity index (χ0v) is 9.64. The van der Waals surface area contributed by atoms with Crippen molar-refractivity contribution < 1.29 is 14.7 Å². The number of carboxylic acid groups (broad SMARTS) is 1. The van der Waals surface area contributed by atoms with Gasteiger partial charge in [0.1, 0.15) is 0 Å². The predicted octanol–water partition coefficient (Wildman–Crippen LogP) is 1.65. The molecule has 17 heavy (non-hydrogen) atoms. The zero-order valence-electron chi connectivity index (χ0n) is 9.64. The molecular weight excluding hydrogens is 218 g/mol. The molecule has 0 saturated carbocycles. The van der Waals surface area contributed by atoms with E-state index in [0.29, 0.717) is 12.8 Å². The van der Waals surface area contributed by atoms with Crippen LogP contribution in [0.3, 0.4) is 0 Å². The number of nitrogens with one attached hydrogen (secondary N) is 1. The summed E-state index contributed by atoms with van der Waals surface area (Å²) in [7, 11) is 0. The number of carbonyl (C=O) groups is 2. The van der Waals surface area contributed by atoms with Crippen molar-refractivity contribution in [2.75, 3.05) is 0 Å². The second-order valence-corrected chi connectivity index (χ2v) is 4.44. The van der Waals surface area contributed by atoms with Gasteiger partial charge in [0.15, 0.2) is 0 Å². The molecule has 1 aliphatic heterocycles. The van der Waals surface area contributed by atoms with E-state index in [9.17, 15) is 14.7 Å². The van der Waals surface area contributed by atoms with Gasteiger partial charge >= 0.3 is 5.97 Å². The number of amides is 1. The summed E-state index contributed by atoms with van der Waals surface area (Å²) < 4.78 is 0. The minimum atomic E-state index is -0.850. The fourth-order valence-corrected chi connectivity index (χ4v) is 2.24. The van der Waals surface area contributed by atoms with Crippen LogP contribution in [0.5, 0.6) is 0 Å². The number of aliphatic carboxylic acids is 1. The van der Waals surface area contributed by atoms with E-state index in [1.54, 1.807) is 0 Å². The number of hydrogen-bond donors (Lipinski definition) is 2. The number of benzene rings is 1. The lowest BCUT2D eigenvalue weighted by molar-refractivity contribution is -0.145. The number of hydrogen-bond acceptors (Lipinski definition) is 2. The molecule has 1 aromatic carbocycles. The molecule has 0 aromatic heterocycles. The first-order valence-electron chi connectivity index (χ1n) is 5.66. The highest BCUT2D eigenvalue weighted by molar-refractivity contribution is 5.81. The van der Waals surface area contributed by atoms with Crippen LogP contribution in [0.25, 0.3) is 0 Å². The monoisotopic (exact) mass is 233 g/mol. The quantitative estimate of drug-likeness (QED) is 0.816. The molecule has 4 heteroatoms. The first-order valence-corrected chi connectivity index (χ1v) is 5.66. The van der Waals surface area contributed by atoms with Crippen molar-refractivity contribution in [2.24, 2.45) is 5.92 Å². The largest absolute Gasteiger partial charge is 0.481 e. The number of carbonyl (C=O) groups excluding carboxylic acids is 1. The molecule has 2 N–H and O–H groups in total. The number of carboxylic acids is 1. The standard InChI is InChI=1S/C13H15NO3/c1-8-3-2-4-9(7-8)12-10(13(16)17)5-6-11(15)14-12/h2-4,7,10,12H,5-6H2,1H3,(H,14,15)(H,16,17)/t10-,12+/m0/s1. The number of aryl methyl sites for hydroxylation is 1. The van der Waals surface area contributed by atoms with E-state index in [-0.39, 0.29) is 5.91 Å². The first kappa shape index (κ1) is 11.6. The molecule has 1 fully saturated rings. The smallest absolute Gasteiger partial charge is 0.308 e. The summed E-state index contributed by atoms with van der Waals surface area (Å²) in [6.45, 7) is 1.95. The van der Waals surface area contributed by atoms with Gasteiger partial charge in [-0.15, -0.1) is 0 Å². The fourth-order valence-electron chi connectivity index (χ4n) is 2.24. The van der Waals surface area contributed by atoms with Gasteiger partial charge in [-0.2, -0.15) is 0 Å². The Bertz CT molecular complexity index is 456. The lowest BCUT2D eigenvalue weighted by Crippen LogP contribution is -2.41. The van der Waals surface area contributed by atoms with Gasteiger partial charge in [-0.25, -0.2) is 0 Å². The van der Waals surface area contributed by atoms with Gasteiger partial charge in [0.05, 0.1) is 12.0 Å². The highest BCUT2D eigenvalue weighted by Crippen LogP contribution is 2.30. The molecule has 1 heterocycles. The van der Waals surface area contributed by atoms with E-state index in [1.165, 1.54) is 0 Å². The van der Waals surface area contributed by atoms with Crippen LogP contribution in [-0.4, -0.2) is 17.0 Å². The second kappa shape index (κ2) is 4.57. The van der Waals surface area contributed by atoms with Gasteiger partial charge < -0.3 is 10.4 Å². The molecule has 0 spiro atoms. The average molecular weight is 233 g/mol. The summed E-state index contributed by atoms with van der Waals surface area (Å²) >= 11 is 0.